The summed E-state index contributed by atoms with van der Waals surface area (Å²) < 4.78 is 79.3. The Bertz CT molecular complexity index is 1480. The zero-order valence-electron chi connectivity index (χ0n) is 25.2. The number of aromatic nitrogens is 1. The average Bonchev–Trinajstić information content (AvgIpc) is 2.97. The van der Waals surface area contributed by atoms with Crippen molar-refractivity contribution in [3.63, 3.8) is 0 Å². The zero-order valence-corrected chi connectivity index (χ0v) is 27.2. The Morgan fingerprint density at radius 3 is 2.36 bits per heavy atom. The number of halogens is 5. The minimum atomic E-state index is -4.22. The van der Waals surface area contributed by atoms with Crippen LogP contribution in [-0.4, -0.2) is 60.9 Å². The van der Waals surface area contributed by atoms with Gasteiger partial charge < -0.3 is 24.3 Å². The molecule has 236 valence electrons. The first-order valence-corrected chi connectivity index (χ1v) is 14.6. The van der Waals surface area contributed by atoms with Crippen LogP contribution in [0, 0.1) is 24.5 Å². The van der Waals surface area contributed by atoms with Gasteiger partial charge >= 0.3 is 35.7 Å². The quantitative estimate of drug-likeness (QED) is 0.262. The van der Waals surface area contributed by atoms with Gasteiger partial charge in [0.05, 0.1) is 12.2 Å². The third kappa shape index (κ3) is 9.31. The molecule has 13 heteroatoms. The van der Waals surface area contributed by atoms with Crippen LogP contribution in [0.3, 0.4) is 0 Å². The van der Waals surface area contributed by atoms with Gasteiger partial charge in [-0.15, -0.1) is 0 Å². The monoisotopic (exact) mass is 641 g/mol. The van der Waals surface area contributed by atoms with Crippen molar-refractivity contribution in [3.8, 4) is 22.8 Å². The summed E-state index contributed by atoms with van der Waals surface area (Å²) in [5, 5.41) is 11.2. The molecule has 0 spiro atoms. The molecule has 1 aromatic heterocycles. The molecular formula is C32H33F5N3NaO4. The maximum Gasteiger partial charge on any atom is 1.00 e. The number of anilines is 1. The minimum Gasteiger partial charge on any atom is -0.550 e. The van der Waals surface area contributed by atoms with E-state index in [9.17, 15) is 27.5 Å². The molecule has 45 heavy (non-hydrogen) atoms. The second-order valence-corrected chi connectivity index (χ2v) is 11.3. The predicted molar refractivity (Wildman–Crippen MR) is 151 cm³/mol. The van der Waals surface area contributed by atoms with Gasteiger partial charge in [-0.1, -0.05) is 12.1 Å². The van der Waals surface area contributed by atoms with E-state index in [0.717, 1.165) is 23.3 Å². The van der Waals surface area contributed by atoms with Crippen molar-refractivity contribution >= 4 is 11.8 Å². The molecule has 7 nitrogen and oxygen atoms in total. The third-order valence-electron chi connectivity index (χ3n) is 8.10. The summed E-state index contributed by atoms with van der Waals surface area (Å²) in [7, 11) is 0. The van der Waals surface area contributed by atoms with E-state index in [-0.39, 0.29) is 53.6 Å². The number of pyridine rings is 1. The predicted octanol–water partition coefficient (Wildman–Crippen LogP) is 2.29. The number of piperidine rings is 2. The SMILES string of the molecule is Cc1cc(OC2CCN(CC(F)(F)F)CC2)ccc1COc1c(F)cc(F)cc1-c1cccc(N2CCC(C(=O)[O-])CC2)n1.[Na+]. The topological polar surface area (TPSA) is 78.0 Å². The molecule has 2 aromatic carbocycles. The average molecular weight is 642 g/mol. The van der Waals surface area contributed by atoms with E-state index >= 15 is 4.39 Å². The summed E-state index contributed by atoms with van der Waals surface area (Å²) in [6.07, 6.45) is -2.61. The third-order valence-corrected chi connectivity index (χ3v) is 8.10. The van der Waals surface area contributed by atoms with Crippen molar-refractivity contribution in [2.75, 3.05) is 37.6 Å². The van der Waals surface area contributed by atoms with Gasteiger partial charge in [-0.05, 0) is 74.1 Å². The second-order valence-electron chi connectivity index (χ2n) is 11.3. The van der Waals surface area contributed by atoms with Crippen LogP contribution in [0.2, 0.25) is 0 Å². The number of ether oxygens (including phenoxy) is 2. The fraction of sp³-hybridized carbons (Fsp3) is 0.438. The van der Waals surface area contributed by atoms with Gasteiger partial charge in [0.25, 0.3) is 0 Å². The molecule has 3 aromatic rings. The van der Waals surface area contributed by atoms with E-state index in [0.29, 0.717) is 69.1 Å². The molecule has 0 N–H and O–H groups in total. The molecule has 0 amide bonds. The molecule has 0 unspecified atom stereocenters. The summed E-state index contributed by atoms with van der Waals surface area (Å²) in [5.74, 6) is -2.25. The molecule has 5 rings (SSSR count). The Hall–Kier alpha value is -2.93. The maximum absolute atomic E-state index is 15.1. The fourth-order valence-electron chi connectivity index (χ4n) is 5.68. The number of carbonyl (C=O) groups excluding carboxylic acids is 1. The smallest absolute Gasteiger partial charge is 0.550 e. The van der Waals surface area contributed by atoms with Crippen molar-refractivity contribution < 1.29 is 70.9 Å². The van der Waals surface area contributed by atoms with Gasteiger partial charge in [-0.3, -0.25) is 4.90 Å². The molecule has 0 radical (unpaired) electrons. The molecule has 0 aliphatic carbocycles. The second kappa shape index (κ2) is 15.1. The van der Waals surface area contributed by atoms with E-state index in [1.807, 2.05) is 11.8 Å². The number of nitrogens with zero attached hydrogens (tertiary/aromatic N) is 3. The number of rotatable bonds is 9. The summed E-state index contributed by atoms with van der Waals surface area (Å²) in [5.41, 5.74) is 1.99. The van der Waals surface area contributed by atoms with Gasteiger partial charge in [-0.25, -0.2) is 13.8 Å². The Kier molecular flexibility index (Phi) is 11.7. The molecule has 2 aliphatic heterocycles. The van der Waals surface area contributed by atoms with Crippen LogP contribution >= 0.6 is 0 Å². The van der Waals surface area contributed by atoms with E-state index in [4.69, 9.17) is 9.47 Å². The Morgan fingerprint density at radius 2 is 1.71 bits per heavy atom. The molecule has 2 aliphatic rings. The summed E-state index contributed by atoms with van der Waals surface area (Å²) in [6, 6.07) is 12.3. The molecular weight excluding hydrogens is 608 g/mol. The van der Waals surface area contributed by atoms with Crippen molar-refractivity contribution in [2.24, 2.45) is 5.92 Å². The number of likely N-dealkylation sites (tertiary alicyclic amines) is 1. The van der Waals surface area contributed by atoms with Crippen LogP contribution < -0.4 is 49.0 Å². The summed E-state index contributed by atoms with van der Waals surface area (Å²) in [6.45, 7) is 2.44. The maximum atomic E-state index is 15.1. The van der Waals surface area contributed by atoms with Crippen molar-refractivity contribution in [1.82, 2.24) is 9.88 Å². The van der Waals surface area contributed by atoms with Gasteiger partial charge in [0, 0.05) is 49.7 Å². The van der Waals surface area contributed by atoms with Crippen molar-refractivity contribution in [1.29, 1.82) is 0 Å². The van der Waals surface area contributed by atoms with Gasteiger partial charge in [0.1, 0.15) is 30.1 Å². The number of hydrogen-bond donors (Lipinski definition) is 0. The van der Waals surface area contributed by atoms with Crippen molar-refractivity contribution in [2.45, 2.75) is 51.5 Å². The molecule has 2 saturated heterocycles. The zero-order chi connectivity index (χ0) is 31.4. The normalized spacial score (nSPS) is 16.7. The first-order valence-electron chi connectivity index (χ1n) is 14.6. The van der Waals surface area contributed by atoms with Crippen LogP contribution in [0.15, 0.2) is 48.5 Å². The first kappa shape index (κ1) is 34.9. The Labute approximate surface area is 280 Å². The number of aliphatic carboxylic acids is 1. The number of carboxylic acid groups (broad SMARTS) is 1. The van der Waals surface area contributed by atoms with Crippen LogP contribution in [0.1, 0.15) is 36.8 Å². The van der Waals surface area contributed by atoms with Crippen molar-refractivity contribution in [3.05, 3.63) is 71.3 Å². The number of aryl methyl sites for hydroxylation is 1. The van der Waals surface area contributed by atoms with Gasteiger partial charge in [-0.2, -0.15) is 13.2 Å². The number of carboxylic acids is 1. The van der Waals surface area contributed by atoms with Crippen LogP contribution in [-0.2, 0) is 11.4 Å². The Balaban J connectivity index is 0.00000461. The molecule has 0 atom stereocenters. The number of carbonyl (C=O) groups is 1. The summed E-state index contributed by atoms with van der Waals surface area (Å²) >= 11 is 0. The van der Waals surface area contributed by atoms with Crippen LogP contribution in [0.4, 0.5) is 27.8 Å². The van der Waals surface area contributed by atoms with E-state index in [1.54, 1.807) is 36.4 Å². The van der Waals surface area contributed by atoms with Gasteiger partial charge in [0.2, 0.25) is 0 Å². The first-order chi connectivity index (χ1) is 20.9. The largest absolute Gasteiger partial charge is 1.00 e. The standard InChI is InChI=1S/C32H34F5N3O4.Na/c1-20-15-25(44-24-9-11-39(12-10-24)19-32(35,36)37)6-5-22(20)18-43-30-26(16-23(33)17-27(30)34)28-3-2-4-29(38-28)40-13-7-21(8-14-40)31(41)42;/h2-6,15-17,21,24H,7-14,18-19H2,1H3,(H,41,42);/q;+1/p-1. The van der Waals surface area contributed by atoms with Crippen LogP contribution in [0.5, 0.6) is 11.5 Å². The van der Waals surface area contributed by atoms with E-state index in [2.05, 4.69) is 4.98 Å². The number of benzene rings is 2. The van der Waals surface area contributed by atoms with E-state index < -0.39 is 36.2 Å². The molecule has 0 saturated carbocycles. The number of hydrogen-bond acceptors (Lipinski definition) is 7. The van der Waals surface area contributed by atoms with E-state index in [1.165, 1.54) is 4.90 Å². The Morgan fingerprint density at radius 1 is 1.00 bits per heavy atom. The number of alkyl halides is 3. The minimum absolute atomic E-state index is 0. The van der Waals surface area contributed by atoms with Gasteiger partial charge in [0.15, 0.2) is 11.6 Å². The molecule has 3 heterocycles. The summed E-state index contributed by atoms with van der Waals surface area (Å²) in [4.78, 5) is 19.1. The van der Waals surface area contributed by atoms with Crippen LogP contribution in [0.25, 0.3) is 11.3 Å². The molecule has 2 fully saturated rings. The molecule has 0 bridgehead atoms. The fourth-order valence-corrected chi connectivity index (χ4v) is 5.68.